The quantitative estimate of drug-likeness (QED) is 0.377. The van der Waals surface area contributed by atoms with Gasteiger partial charge in [-0.05, 0) is 56.4 Å². The molecule has 2 rings (SSSR count). The smallest absolute Gasteiger partial charge is 0.242 e. The summed E-state index contributed by atoms with van der Waals surface area (Å²) >= 11 is 0. The highest BCUT2D eigenvalue weighted by Crippen LogP contribution is 2.20. The van der Waals surface area contributed by atoms with Crippen LogP contribution < -0.4 is 9.62 Å². The van der Waals surface area contributed by atoms with E-state index < -0.39 is 16.1 Å². The zero-order valence-electron chi connectivity index (χ0n) is 22.3. The molecule has 0 aliphatic rings. The number of sulfonamides is 1. The van der Waals surface area contributed by atoms with E-state index in [2.05, 4.69) is 12.2 Å². The number of hydrogen-bond donors (Lipinski definition) is 1. The van der Waals surface area contributed by atoms with E-state index in [-0.39, 0.29) is 24.8 Å². The molecule has 0 aliphatic carbocycles. The fourth-order valence-electron chi connectivity index (χ4n) is 4.03. The first-order chi connectivity index (χ1) is 17.1. The normalized spacial score (nSPS) is 12.1. The molecule has 0 bridgehead atoms. The van der Waals surface area contributed by atoms with Crippen LogP contribution in [0.1, 0.15) is 63.1 Å². The lowest BCUT2D eigenvalue weighted by atomic mass is 10.1. The standard InChI is InChI=1S/C28H41N3O4S/c1-6-8-18-29-28(33)23(4)30(21-25-12-9-11-22(3)20-25)27(32)13-10-19-31(36(5,34)35)26-16-14-24(7-2)15-17-26/h9,11-12,14-17,20,23H,6-8,10,13,18-19,21H2,1-5H3,(H,29,33)/t23-/m1/s1. The molecule has 198 valence electrons. The number of hydrogen-bond acceptors (Lipinski definition) is 4. The average molecular weight is 516 g/mol. The maximum absolute atomic E-state index is 13.3. The number of nitrogens with one attached hydrogen (secondary N) is 1. The molecule has 0 heterocycles. The average Bonchev–Trinajstić information content (AvgIpc) is 2.84. The van der Waals surface area contributed by atoms with Crippen LogP contribution in [0.3, 0.4) is 0 Å². The SMILES string of the molecule is CCCCNC(=O)[C@@H](C)N(Cc1cccc(C)c1)C(=O)CCCN(c1ccc(CC)cc1)S(C)(=O)=O. The molecule has 8 heteroatoms. The fraction of sp³-hybridized carbons (Fsp3) is 0.500. The molecule has 0 unspecified atom stereocenters. The van der Waals surface area contributed by atoms with Crippen LogP contribution in [0, 0.1) is 6.92 Å². The lowest BCUT2D eigenvalue weighted by Gasteiger charge is -2.29. The molecule has 1 N–H and O–H groups in total. The van der Waals surface area contributed by atoms with E-state index in [0.29, 0.717) is 25.2 Å². The zero-order valence-corrected chi connectivity index (χ0v) is 23.1. The van der Waals surface area contributed by atoms with Crippen LogP contribution in [0.25, 0.3) is 0 Å². The molecular formula is C28H41N3O4S. The molecule has 0 saturated carbocycles. The Bertz CT molecular complexity index is 1100. The Balaban J connectivity index is 2.14. The minimum atomic E-state index is -3.51. The molecule has 36 heavy (non-hydrogen) atoms. The van der Waals surface area contributed by atoms with Crippen molar-refractivity contribution in [1.29, 1.82) is 0 Å². The van der Waals surface area contributed by atoms with Crippen molar-refractivity contribution in [3.05, 3.63) is 65.2 Å². The lowest BCUT2D eigenvalue weighted by Crippen LogP contribution is -2.48. The van der Waals surface area contributed by atoms with Crippen molar-refractivity contribution in [2.24, 2.45) is 0 Å². The summed E-state index contributed by atoms with van der Waals surface area (Å²) in [5.74, 6) is -0.359. The number of nitrogens with zero attached hydrogens (tertiary/aromatic N) is 2. The van der Waals surface area contributed by atoms with Crippen molar-refractivity contribution >= 4 is 27.5 Å². The van der Waals surface area contributed by atoms with Crippen molar-refractivity contribution in [1.82, 2.24) is 10.2 Å². The topological polar surface area (TPSA) is 86.8 Å². The second kappa shape index (κ2) is 14.0. The van der Waals surface area contributed by atoms with Gasteiger partial charge >= 0.3 is 0 Å². The van der Waals surface area contributed by atoms with Gasteiger partial charge in [0.2, 0.25) is 21.8 Å². The minimum Gasteiger partial charge on any atom is -0.354 e. The molecule has 0 aliphatic heterocycles. The predicted octanol–water partition coefficient (Wildman–Crippen LogP) is 4.44. The number of unbranched alkanes of at least 4 members (excludes halogenated alkanes) is 1. The summed E-state index contributed by atoms with van der Waals surface area (Å²) in [6.07, 6.45) is 4.38. The summed E-state index contributed by atoms with van der Waals surface area (Å²) < 4.78 is 26.3. The van der Waals surface area contributed by atoms with Crippen LogP contribution in [0.5, 0.6) is 0 Å². The van der Waals surface area contributed by atoms with Crippen molar-refractivity contribution in [3.8, 4) is 0 Å². The number of amides is 2. The maximum atomic E-state index is 13.3. The third kappa shape index (κ3) is 8.97. The number of carbonyl (C=O) groups excluding carboxylic acids is 2. The predicted molar refractivity (Wildman–Crippen MR) is 146 cm³/mol. The largest absolute Gasteiger partial charge is 0.354 e. The molecule has 2 aromatic rings. The number of benzene rings is 2. The summed E-state index contributed by atoms with van der Waals surface area (Å²) in [6, 6.07) is 14.7. The Morgan fingerprint density at radius 1 is 1.00 bits per heavy atom. The number of carbonyl (C=O) groups is 2. The zero-order chi connectivity index (χ0) is 26.7. The fourth-order valence-corrected chi connectivity index (χ4v) is 4.99. The first-order valence-electron chi connectivity index (χ1n) is 12.8. The second-order valence-corrected chi connectivity index (χ2v) is 11.2. The van der Waals surface area contributed by atoms with Gasteiger partial charge < -0.3 is 10.2 Å². The first-order valence-corrected chi connectivity index (χ1v) is 14.6. The Morgan fingerprint density at radius 2 is 1.69 bits per heavy atom. The van der Waals surface area contributed by atoms with Gasteiger partial charge in [-0.2, -0.15) is 0 Å². The van der Waals surface area contributed by atoms with Gasteiger partial charge in [-0.15, -0.1) is 0 Å². The first kappa shape index (κ1) is 29.4. The minimum absolute atomic E-state index is 0.136. The molecular weight excluding hydrogens is 474 g/mol. The Labute approximate surface area is 216 Å². The van der Waals surface area contributed by atoms with Gasteiger partial charge in [0.15, 0.2) is 0 Å². The van der Waals surface area contributed by atoms with E-state index in [1.54, 1.807) is 24.0 Å². The molecule has 0 aromatic heterocycles. The van der Waals surface area contributed by atoms with Gasteiger partial charge in [0.1, 0.15) is 6.04 Å². The highest BCUT2D eigenvalue weighted by atomic mass is 32.2. The maximum Gasteiger partial charge on any atom is 0.242 e. The van der Waals surface area contributed by atoms with Gasteiger partial charge in [-0.1, -0.05) is 62.2 Å². The van der Waals surface area contributed by atoms with Gasteiger partial charge in [0.25, 0.3) is 0 Å². The molecule has 7 nitrogen and oxygen atoms in total. The Kier molecular flexibility index (Phi) is 11.4. The molecule has 0 spiro atoms. The molecule has 2 aromatic carbocycles. The third-order valence-corrected chi connectivity index (χ3v) is 7.41. The summed E-state index contributed by atoms with van der Waals surface area (Å²) in [7, 11) is -3.51. The summed E-state index contributed by atoms with van der Waals surface area (Å²) in [6.45, 7) is 8.91. The molecule has 0 radical (unpaired) electrons. The van der Waals surface area contributed by atoms with E-state index in [1.165, 1.54) is 10.6 Å². The highest BCUT2D eigenvalue weighted by molar-refractivity contribution is 7.92. The van der Waals surface area contributed by atoms with Crippen LogP contribution >= 0.6 is 0 Å². The van der Waals surface area contributed by atoms with Gasteiger partial charge in [0, 0.05) is 26.1 Å². The van der Waals surface area contributed by atoms with Gasteiger partial charge in [0.05, 0.1) is 11.9 Å². The lowest BCUT2D eigenvalue weighted by molar-refractivity contribution is -0.140. The van der Waals surface area contributed by atoms with Crippen LogP contribution in [-0.4, -0.2) is 50.5 Å². The van der Waals surface area contributed by atoms with Crippen molar-refractivity contribution < 1.29 is 18.0 Å². The molecule has 0 fully saturated rings. The highest BCUT2D eigenvalue weighted by Gasteiger charge is 2.26. The molecule has 2 amide bonds. The molecule has 0 saturated heterocycles. The van der Waals surface area contributed by atoms with E-state index >= 15 is 0 Å². The molecule has 1 atom stereocenters. The Morgan fingerprint density at radius 3 is 2.28 bits per heavy atom. The third-order valence-electron chi connectivity index (χ3n) is 6.22. The van der Waals surface area contributed by atoms with Crippen molar-refractivity contribution in [2.45, 2.75) is 72.4 Å². The Hall–Kier alpha value is -2.87. The second-order valence-electron chi connectivity index (χ2n) is 9.29. The van der Waals surface area contributed by atoms with E-state index in [0.717, 1.165) is 36.0 Å². The van der Waals surface area contributed by atoms with E-state index in [9.17, 15) is 18.0 Å². The van der Waals surface area contributed by atoms with E-state index in [1.807, 2.05) is 50.2 Å². The van der Waals surface area contributed by atoms with E-state index in [4.69, 9.17) is 0 Å². The number of aryl methyl sites for hydroxylation is 2. The van der Waals surface area contributed by atoms with Crippen LogP contribution in [-0.2, 0) is 32.6 Å². The number of rotatable bonds is 14. The van der Waals surface area contributed by atoms with Crippen LogP contribution in [0.4, 0.5) is 5.69 Å². The van der Waals surface area contributed by atoms with Crippen molar-refractivity contribution in [2.75, 3.05) is 23.7 Å². The van der Waals surface area contributed by atoms with Crippen LogP contribution in [0.2, 0.25) is 0 Å². The van der Waals surface area contributed by atoms with Crippen LogP contribution in [0.15, 0.2) is 48.5 Å². The number of anilines is 1. The van der Waals surface area contributed by atoms with Crippen molar-refractivity contribution in [3.63, 3.8) is 0 Å². The summed E-state index contributed by atoms with van der Waals surface area (Å²) in [5, 5.41) is 2.92. The summed E-state index contributed by atoms with van der Waals surface area (Å²) in [5.41, 5.74) is 3.74. The van der Waals surface area contributed by atoms with Gasteiger partial charge in [-0.3, -0.25) is 13.9 Å². The monoisotopic (exact) mass is 515 g/mol. The van der Waals surface area contributed by atoms with Gasteiger partial charge in [-0.25, -0.2) is 8.42 Å². The summed E-state index contributed by atoms with van der Waals surface area (Å²) in [4.78, 5) is 27.7.